The molecule has 1 aromatic heterocycles. The van der Waals surface area contributed by atoms with Crippen molar-refractivity contribution in [3.8, 4) is 0 Å². The molecule has 3 nitrogen and oxygen atoms in total. The Kier molecular flexibility index (Phi) is 3.34. The summed E-state index contributed by atoms with van der Waals surface area (Å²) in [6.45, 7) is 10.5. The monoisotopic (exact) mass is 181 g/mol. The first kappa shape index (κ1) is 10.1. The quantitative estimate of drug-likeness (QED) is 0.772. The standard InChI is InChI=1S/C10H19N3/c1-5-13-7-10(9(4)12-13)11-6-8(2)3/h7-8,11H,5-6H2,1-4H3. The lowest BCUT2D eigenvalue weighted by Gasteiger charge is -2.06. The number of aromatic nitrogens is 2. The molecule has 0 bridgehead atoms. The highest BCUT2D eigenvalue weighted by atomic mass is 15.3. The number of hydrogen-bond acceptors (Lipinski definition) is 2. The fourth-order valence-corrected chi connectivity index (χ4v) is 1.17. The molecule has 0 atom stereocenters. The smallest absolute Gasteiger partial charge is 0.0825 e. The summed E-state index contributed by atoms with van der Waals surface area (Å²) in [5, 5.41) is 7.74. The fraction of sp³-hybridized carbons (Fsp3) is 0.700. The van der Waals surface area contributed by atoms with Gasteiger partial charge in [-0.15, -0.1) is 0 Å². The maximum Gasteiger partial charge on any atom is 0.0825 e. The molecule has 0 radical (unpaired) electrons. The van der Waals surface area contributed by atoms with Crippen LogP contribution < -0.4 is 5.32 Å². The summed E-state index contributed by atoms with van der Waals surface area (Å²) < 4.78 is 1.96. The zero-order valence-electron chi connectivity index (χ0n) is 8.96. The molecule has 0 amide bonds. The van der Waals surface area contributed by atoms with Crippen molar-refractivity contribution in [2.45, 2.75) is 34.2 Å². The molecule has 0 aliphatic rings. The minimum absolute atomic E-state index is 0.671. The van der Waals surface area contributed by atoms with E-state index in [4.69, 9.17) is 0 Å². The minimum atomic E-state index is 0.671. The average Bonchev–Trinajstić information content (AvgIpc) is 2.43. The Bertz CT molecular complexity index is 263. The van der Waals surface area contributed by atoms with Crippen LogP contribution in [0.25, 0.3) is 0 Å². The van der Waals surface area contributed by atoms with E-state index in [0.717, 1.165) is 24.5 Å². The van der Waals surface area contributed by atoms with Crippen LogP contribution in [0.4, 0.5) is 5.69 Å². The van der Waals surface area contributed by atoms with E-state index in [0.29, 0.717) is 5.92 Å². The highest BCUT2D eigenvalue weighted by Crippen LogP contribution is 2.12. The molecule has 0 saturated heterocycles. The third kappa shape index (κ3) is 2.76. The summed E-state index contributed by atoms with van der Waals surface area (Å²) >= 11 is 0. The van der Waals surface area contributed by atoms with Gasteiger partial charge in [0.25, 0.3) is 0 Å². The predicted octanol–water partition coefficient (Wildman–Crippen LogP) is 2.28. The van der Waals surface area contributed by atoms with Crippen LogP contribution in [0.15, 0.2) is 6.20 Å². The van der Waals surface area contributed by atoms with Gasteiger partial charge in [-0.3, -0.25) is 4.68 Å². The van der Waals surface area contributed by atoms with E-state index in [1.807, 2.05) is 11.6 Å². The third-order valence-electron chi connectivity index (χ3n) is 1.97. The highest BCUT2D eigenvalue weighted by Gasteiger charge is 2.03. The first-order valence-electron chi connectivity index (χ1n) is 4.91. The molecular weight excluding hydrogens is 162 g/mol. The number of rotatable bonds is 4. The fourth-order valence-electron chi connectivity index (χ4n) is 1.17. The van der Waals surface area contributed by atoms with Crippen molar-refractivity contribution in [2.75, 3.05) is 11.9 Å². The van der Waals surface area contributed by atoms with Gasteiger partial charge in [0.05, 0.1) is 11.4 Å². The lowest BCUT2D eigenvalue weighted by molar-refractivity contribution is 0.653. The van der Waals surface area contributed by atoms with Gasteiger partial charge in [0.2, 0.25) is 0 Å². The van der Waals surface area contributed by atoms with Crippen molar-refractivity contribution in [2.24, 2.45) is 5.92 Å². The van der Waals surface area contributed by atoms with Crippen LogP contribution in [0.1, 0.15) is 26.5 Å². The molecule has 1 rings (SSSR count). The Hall–Kier alpha value is -0.990. The van der Waals surface area contributed by atoms with Crippen molar-refractivity contribution >= 4 is 5.69 Å². The van der Waals surface area contributed by atoms with Gasteiger partial charge in [-0.05, 0) is 19.8 Å². The molecular formula is C10H19N3. The summed E-state index contributed by atoms with van der Waals surface area (Å²) in [6, 6.07) is 0. The zero-order chi connectivity index (χ0) is 9.84. The molecule has 0 fully saturated rings. The molecule has 0 aliphatic carbocycles. The predicted molar refractivity (Wildman–Crippen MR) is 56.0 cm³/mol. The summed E-state index contributed by atoms with van der Waals surface area (Å²) in [5.74, 6) is 0.671. The first-order chi connectivity index (χ1) is 6.13. The summed E-state index contributed by atoms with van der Waals surface area (Å²) in [6.07, 6.45) is 2.07. The topological polar surface area (TPSA) is 29.9 Å². The SMILES string of the molecule is CCn1cc(NCC(C)C)c(C)n1. The second-order valence-electron chi connectivity index (χ2n) is 3.76. The number of nitrogens with zero attached hydrogens (tertiary/aromatic N) is 2. The lowest BCUT2D eigenvalue weighted by atomic mass is 10.2. The van der Waals surface area contributed by atoms with E-state index in [2.05, 4.69) is 37.4 Å². The van der Waals surface area contributed by atoms with E-state index in [1.54, 1.807) is 0 Å². The maximum absolute atomic E-state index is 4.36. The summed E-state index contributed by atoms with van der Waals surface area (Å²) in [7, 11) is 0. The van der Waals surface area contributed by atoms with E-state index in [9.17, 15) is 0 Å². The van der Waals surface area contributed by atoms with Gasteiger partial charge >= 0.3 is 0 Å². The van der Waals surface area contributed by atoms with Gasteiger partial charge in [-0.25, -0.2) is 0 Å². The van der Waals surface area contributed by atoms with Crippen LogP contribution in [0.3, 0.4) is 0 Å². The van der Waals surface area contributed by atoms with Crippen LogP contribution in [0.2, 0.25) is 0 Å². The molecule has 0 spiro atoms. The lowest BCUT2D eigenvalue weighted by Crippen LogP contribution is -2.07. The molecule has 1 N–H and O–H groups in total. The Morgan fingerprint density at radius 2 is 2.23 bits per heavy atom. The van der Waals surface area contributed by atoms with E-state index < -0.39 is 0 Å². The largest absolute Gasteiger partial charge is 0.382 e. The Balaban J connectivity index is 2.60. The Labute approximate surface area is 80.1 Å². The molecule has 1 heterocycles. The van der Waals surface area contributed by atoms with Crippen molar-refractivity contribution in [1.29, 1.82) is 0 Å². The van der Waals surface area contributed by atoms with E-state index in [-0.39, 0.29) is 0 Å². The normalized spacial score (nSPS) is 10.8. The van der Waals surface area contributed by atoms with E-state index >= 15 is 0 Å². The highest BCUT2D eigenvalue weighted by molar-refractivity contribution is 5.45. The molecule has 1 aromatic rings. The number of aryl methyl sites for hydroxylation is 2. The molecule has 3 heteroatoms. The molecule has 74 valence electrons. The summed E-state index contributed by atoms with van der Waals surface area (Å²) in [5.41, 5.74) is 2.25. The van der Waals surface area contributed by atoms with Crippen molar-refractivity contribution < 1.29 is 0 Å². The second kappa shape index (κ2) is 4.30. The van der Waals surface area contributed by atoms with Gasteiger partial charge < -0.3 is 5.32 Å². The Morgan fingerprint density at radius 3 is 2.69 bits per heavy atom. The molecule has 0 aromatic carbocycles. The number of anilines is 1. The second-order valence-corrected chi connectivity index (χ2v) is 3.76. The molecule has 0 aliphatic heterocycles. The third-order valence-corrected chi connectivity index (χ3v) is 1.97. The van der Waals surface area contributed by atoms with Crippen molar-refractivity contribution in [3.63, 3.8) is 0 Å². The van der Waals surface area contributed by atoms with Crippen LogP contribution in [0, 0.1) is 12.8 Å². The van der Waals surface area contributed by atoms with Crippen LogP contribution in [0.5, 0.6) is 0 Å². The van der Waals surface area contributed by atoms with Gasteiger partial charge in [0.15, 0.2) is 0 Å². The van der Waals surface area contributed by atoms with Crippen molar-refractivity contribution in [1.82, 2.24) is 9.78 Å². The first-order valence-corrected chi connectivity index (χ1v) is 4.91. The average molecular weight is 181 g/mol. The summed E-state index contributed by atoms with van der Waals surface area (Å²) in [4.78, 5) is 0. The Morgan fingerprint density at radius 1 is 1.54 bits per heavy atom. The van der Waals surface area contributed by atoms with Crippen LogP contribution in [-0.4, -0.2) is 16.3 Å². The van der Waals surface area contributed by atoms with Gasteiger partial charge in [-0.2, -0.15) is 5.10 Å². The molecule has 0 saturated carbocycles. The molecule has 0 unspecified atom stereocenters. The minimum Gasteiger partial charge on any atom is -0.382 e. The van der Waals surface area contributed by atoms with Crippen LogP contribution in [-0.2, 0) is 6.54 Å². The van der Waals surface area contributed by atoms with Crippen molar-refractivity contribution in [3.05, 3.63) is 11.9 Å². The number of hydrogen-bond donors (Lipinski definition) is 1. The zero-order valence-corrected chi connectivity index (χ0v) is 8.96. The molecule has 13 heavy (non-hydrogen) atoms. The van der Waals surface area contributed by atoms with Crippen LogP contribution >= 0.6 is 0 Å². The maximum atomic E-state index is 4.36. The van der Waals surface area contributed by atoms with Gasteiger partial charge in [-0.1, -0.05) is 13.8 Å². The van der Waals surface area contributed by atoms with Gasteiger partial charge in [0, 0.05) is 19.3 Å². The number of nitrogens with one attached hydrogen (secondary N) is 1. The van der Waals surface area contributed by atoms with E-state index in [1.165, 1.54) is 0 Å². The van der Waals surface area contributed by atoms with Gasteiger partial charge in [0.1, 0.15) is 0 Å².